The molecule has 0 aromatic heterocycles. The van der Waals surface area contributed by atoms with Gasteiger partial charge in [-0.25, -0.2) is 4.39 Å². The summed E-state index contributed by atoms with van der Waals surface area (Å²) in [6, 6.07) is 4.84. The topological polar surface area (TPSA) is 32.7 Å². The van der Waals surface area contributed by atoms with E-state index in [4.69, 9.17) is 9.84 Å². The number of ether oxygens (including phenoxy) is 1. The summed E-state index contributed by atoms with van der Waals surface area (Å²) in [5, 5.41) is 8.86. The molecule has 3 nitrogen and oxygen atoms in total. The van der Waals surface area contributed by atoms with E-state index in [1.54, 1.807) is 12.1 Å². The van der Waals surface area contributed by atoms with Gasteiger partial charge in [0.15, 0.2) is 0 Å². The van der Waals surface area contributed by atoms with Gasteiger partial charge in [0.1, 0.15) is 5.82 Å². The zero-order chi connectivity index (χ0) is 10.7. The number of hydrogen-bond acceptors (Lipinski definition) is 3. The third-order valence-corrected chi connectivity index (χ3v) is 2.55. The number of halogens is 1. The Bertz CT molecular complexity index is 337. The van der Waals surface area contributed by atoms with E-state index >= 15 is 0 Å². The molecule has 0 amide bonds. The van der Waals surface area contributed by atoms with E-state index in [0.717, 1.165) is 13.1 Å². The molecule has 1 saturated heterocycles. The van der Waals surface area contributed by atoms with Crippen LogP contribution in [0.4, 0.5) is 10.1 Å². The molecule has 0 aliphatic carbocycles. The van der Waals surface area contributed by atoms with E-state index in [0.29, 0.717) is 24.5 Å². The Labute approximate surface area is 88.1 Å². The fourth-order valence-corrected chi connectivity index (χ4v) is 1.71. The molecule has 1 aliphatic heterocycles. The van der Waals surface area contributed by atoms with Crippen LogP contribution in [0.1, 0.15) is 5.56 Å². The van der Waals surface area contributed by atoms with Crippen LogP contribution in [-0.4, -0.2) is 31.4 Å². The van der Waals surface area contributed by atoms with Gasteiger partial charge in [-0.3, -0.25) is 0 Å². The van der Waals surface area contributed by atoms with Crippen molar-refractivity contribution in [1.82, 2.24) is 0 Å². The van der Waals surface area contributed by atoms with Crippen LogP contribution < -0.4 is 4.90 Å². The van der Waals surface area contributed by atoms with Crippen molar-refractivity contribution in [2.45, 2.75) is 6.61 Å². The lowest BCUT2D eigenvalue weighted by molar-refractivity contribution is 0.122. The molecule has 0 bridgehead atoms. The zero-order valence-corrected chi connectivity index (χ0v) is 8.45. The maximum atomic E-state index is 13.6. The summed E-state index contributed by atoms with van der Waals surface area (Å²) in [5.41, 5.74) is 1.19. The fraction of sp³-hybridized carbons (Fsp3) is 0.455. The fourth-order valence-electron chi connectivity index (χ4n) is 1.71. The van der Waals surface area contributed by atoms with Crippen LogP contribution >= 0.6 is 0 Å². The van der Waals surface area contributed by atoms with Gasteiger partial charge in [-0.2, -0.15) is 0 Å². The standard InChI is InChI=1S/C11H14FNO2/c12-10-7-9(8-14)1-2-11(10)13-3-5-15-6-4-13/h1-2,7,14H,3-6,8H2. The average molecular weight is 211 g/mol. The van der Waals surface area contributed by atoms with Crippen molar-refractivity contribution < 1.29 is 14.2 Å². The molecule has 2 rings (SSSR count). The Kier molecular flexibility index (Phi) is 3.18. The van der Waals surface area contributed by atoms with Crippen molar-refractivity contribution in [3.8, 4) is 0 Å². The SMILES string of the molecule is OCc1ccc(N2CCOCC2)c(F)c1. The predicted molar refractivity (Wildman–Crippen MR) is 55.4 cm³/mol. The first-order chi connectivity index (χ1) is 7.31. The number of hydrogen-bond donors (Lipinski definition) is 1. The second kappa shape index (κ2) is 4.59. The van der Waals surface area contributed by atoms with E-state index < -0.39 is 0 Å². The lowest BCUT2D eigenvalue weighted by Gasteiger charge is -2.29. The first kappa shape index (κ1) is 10.4. The molecule has 1 aromatic carbocycles. The van der Waals surface area contributed by atoms with Crippen LogP contribution in [0.3, 0.4) is 0 Å². The van der Waals surface area contributed by atoms with Gasteiger partial charge in [0.05, 0.1) is 25.5 Å². The van der Waals surface area contributed by atoms with Crippen molar-refractivity contribution in [1.29, 1.82) is 0 Å². The van der Waals surface area contributed by atoms with Gasteiger partial charge in [-0.1, -0.05) is 6.07 Å². The van der Waals surface area contributed by atoms with Crippen LogP contribution in [0.5, 0.6) is 0 Å². The molecule has 0 spiro atoms. The van der Waals surface area contributed by atoms with Gasteiger partial charge < -0.3 is 14.7 Å². The number of nitrogens with zero attached hydrogens (tertiary/aromatic N) is 1. The Morgan fingerprint density at radius 1 is 1.33 bits per heavy atom. The zero-order valence-electron chi connectivity index (χ0n) is 8.45. The van der Waals surface area contributed by atoms with E-state index in [9.17, 15) is 4.39 Å². The minimum Gasteiger partial charge on any atom is -0.392 e. The van der Waals surface area contributed by atoms with Crippen LogP contribution in [0.25, 0.3) is 0 Å². The van der Waals surface area contributed by atoms with Crippen LogP contribution in [-0.2, 0) is 11.3 Å². The molecule has 1 N–H and O–H groups in total. The van der Waals surface area contributed by atoms with Gasteiger partial charge in [0, 0.05) is 13.1 Å². The molecule has 4 heteroatoms. The molecule has 82 valence electrons. The minimum atomic E-state index is -0.275. The number of morpholine rings is 1. The summed E-state index contributed by atoms with van der Waals surface area (Å²) >= 11 is 0. The molecule has 0 saturated carbocycles. The van der Waals surface area contributed by atoms with Gasteiger partial charge in [0.25, 0.3) is 0 Å². The van der Waals surface area contributed by atoms with Crippen molar-refractivity contribution in [3.63, 3.8) is 0 Å². The Morgan fingerprint density at radius 3 is 2.67 bits per heavy atom. The average Bonchev–Trinajstić information content (AvgIpc) is 2.30. The van der Waals surface area contributed by atoms with E-state index in [1.807, 2.05) is 4.90 Å². The molecular formula is C11H14FNO2. The van der Waals surface area contributed by atoms with Crippen LogP contribution in [0.2, 0.25) is 0 Å². The number of benzene rings is 1. The maximum Gasteiger partial charge on any atom is 0.146 e. The van der Waals surface area contributed by atoms with Gasteiger partial charge >= 0.3 is 0 Å². The van der Waals surface area contributed by atoms with E-state index in [1.165, 1.54) is 6.07 Å². The molecule has 15 heavy (non-hydrogen) atoms. The number of rotatable bonds is 2. The summed E-state index contributed by atoms with van der Waals surface area (Å²) < 4.78 is 18.8. The van der Waals surface area contributed by atoms with Crippen molar-refractivity contribution >= 4 is 5.69 Å². The molecule has 0 unspecified atom stereocenters. The van der Waals surface area contributed by atoms with Crippen molar-refractivity contribution in [3.05, 3.63) is 29.6 Å². The van der Waals surface area contributed by atoms with Crippen molar-refractivity contribution in [2.24, 2.45) is 0 Å². The Hall–Kier alpha value is -1.13. The largest absolute Gasteiger partial charge is 0.392 e. The van der Waals surface area contributed by atoms with E-state index in [2.05, 4.69) is 0 Å². The number of aliphatic hydroxyl groups is 1. The third-order valence-electron chi connectivity index (χ3n) is 2.55. The molecule has 1 aliphatic rings. The molecule has 1 fully saturated rings. The molecular weight excluding hydrogens is 197 g/mol. The highest BCUT2D eigenvalue weighted by Crippen LogP contribution is 2.21. The highest BCUT2D eigenvalue weighted by Gasteiger charge is 2.14. The Balaban J connectivity index is 2.19. The Morgan fingerprint density at radius 2 is 2.07 bits per heavy atom. The molecule has 1 aromatic rings. The number of anilines is 1. The van der Waals surface area contributed by atoms with E-state index in [-0.39, 0.29) is 12.4 Å². The van der Waals surface area contributed by atoms with Crippen LogP contribution in [0.15, 0.2) is 18.2 Å². The maximum absolute atomic E-state index is 13.6. The second-order valence-electron chi connectivity index (χ2n) is 3.54. The lowest BCUT2D eigenvalue weighted by Crippen LogP contribution is -2.36. The molecule has 0 atom stereocenters. The monoisotopic (exact) mass is 211 g/mol. The molecule has 1 heterocycles. The lowest BCUT2D eigenvalue weighted by atomic mass is 10.2. The van der Waals surface area contributed by atoms with Gasteiger partial charge in [-0.15, -0.1) is 0 Å². The second-order valence-corrected chi connectivity index (χ2v) is 3.54. The first-order valence-electron chi connectivity index (χ1n) is 5.03. The first-order valence-corrected chi connectivity index (χ1v) is 5.03. The smallest absolute Gasteiger partial charge is 0.146 e. The normalized spacial score (nSPS) is 16.8. The quantitative estimate of drug-likeness (QED) is 0.796. The predicted octanol–water partition coefficient (Wildman–Crippen LogP) is 1.15. The highest BCUT2D eigenvalue weighted by molar-refractivity contribution is 5.49. The van der Waals surface area contributed by atoms with Gasteiger partial charge in [-0.05, 0) is 17.7 Å². The van der Waals surface area contributed by atoms with Crippen LogP contribution in [0, 0.1) is 5.82 Å². The summed E-state index contributed by atoms with van der Waals surface area (Å²) in [6.07, 6.45) is 0. The minimum absolute atomic E-state index is 0.125. The molecule has 0 radical (unpaired) electrons. The number of aliphatic hydroxyl groups excluding tert-OH is 1. The highest BCUT2D eigenvalue weighted by atomic mass is 19.1. The summed E-state index contributed by atoms with van der Waals surface area (Å²) in [6.45, 7) is 2.59. The van der Waals surface area contributed by atoms with Crippen molar-refractivity contribution in [2.75, 3.05) is 31.2 Å². The van der Waals surface area contributed by atoms with Gasteiger partial charge in [0.2, 0.25) is 0 Å². The summed E-state index contributed by atoms with van der Waals surface area (Å²) in [7, 11) is 0. The summed E-state index contributed by atoms with van der Waals surface area (Å²) in [4.78, 5) is 1.96. The summed E-state index contributed by atoms with van der Waals surface area (Å²) in [5.74, 6) is -0.275. The third kappa shape index (κ3) is 2.27.